The van der Waals surface area contributed by atoms with Crippen LogP contribution in [-0.2, 0) is 0 Å². The molecule has 1 aromatic carbocycles. The molecule has 1 N–H and O–H groups in total. The summed E-state index contributed by atoms with van der Waals surface area (Å²) in [5.74, 6) is -3.61. The Labute approximate surface area is 95.3 Å². The number of hydrogen-bond acceptors (Lipinski definition) is 3. The van der Waals surface area contributed by atoms with Crippen molar-refractivity contribution in [3.05, 3.63) is 42.0 Å². The Morgan fingerprint density at radius 3 is 2.53 bits per heavy atom. The van der Waals surface area contributed by atoms with Gasteiger partial charge in [0.2, 0.25) is 0 Å². The molecule has 17 heavy (non-hydrogen) atoms. The van der Waals surface area contributed by atoms with Gasteiger partial charge in [0.1, 0.15) is 5.82 Å². The van der Waals surface area contributed by atoms with Crippen LogP contribution in [0.25, 0.3) is 11.3 Å². The molecule has 0 aliphatic carbocycles. The van der Waals surface area contributed by atoms with E-state index >= 15 is 0 Å². The Morgan fingerprint density at radius 2 is 1.82 bits per heavy atom. The van der Waals surface area contributed by atoms with Gasteiger partial charge in [0, 0.05) is 12.6 Å². The molecule has 88 valence electrons. The normalized spacial score (nSPS) is 10.4. The monoisotopic (exact) mass is 239 g/mol. The van der Waals surface area contributed by atoms with Crippen molar-refractivity contribution in [3.63, 3.8) is 0 Å². The Bertz CT molecular complexity index is 558. The highest BCUT2D eigenvalue weighted by molar-refractivity contribution is 5.60. The minimum Gasteiger partial charge on any atom is -0.372 e. The van der Waals surface area contributed by atoms with Crippen LogP contribution >= 0.6 is 0 Å². The largest absolute Gasteiger partial charge is 0.372 e. The summed E-state index contributed by atoms with van der Waals surface area (Å²) in [5, 5.41) is 2.72. The number of rotatable bonds is 2. The molecule has 0 saturated heterocycles. The summed E-state index contributed by atoms with van der Waals surface area (Å²) in [7, 11) is 1.62. The molecular formula is C11H8F3N3. The van der Waals surface area contributed by atoms with Crippen LogP contribution in [0.5, 0.6) is 0 Å². The van der Waals surface area contributed by atoms with Gasteiger partial charge in [-0.25, -0.2) is 18.2 Å². The van der Waals surface area contributed by atoms with Crippen LogP contribution in [0.1, 0.15) is 0 Å². The molecule has 0 fully saturated rings. The minimum absolute atomic E-state index is 0.131. The number of nitrogens with zero attached hydrogens (tertiary/aromatic N) is 2. The summed E-state index contributed by atoms with van der Waals surface area (Å²) in [6, 6.07) is 1.97. The zero-order chi connectivity index (χ0) is 12.4. The first kappa shape index (κ1) is 11.4. The van der Waals surface area contributed by atoms with Crippen LogP contribution < -0.4 is 5.32 Å². The highest BCUT2D eigenvalue weighted by atomic mass is 19.2. The number of halogens is 3. The van der Waals surface area contributed by atoms with Crippen molar-refractivity contribution < 1.29 is 13.2 Å². The first-order valence-electron chi connectivity index (χ1n) is 4.77. The molecule has 2 aromatic rings. The number of nitrogens with one attached hydrogen (secondary N) is 1. The van der Waals surface area contributed by atoms with Crippen molar-refractivity contribution in [2.75, 3.05) is 12.4 Å². The van der Waals surface area contributed by atoms with E-state index in [-0.39, 0.29) is 11.3 Å². The van der Waals surface area contributed by atoms with E-state index in [1.807, 2.05) is 0 Å². The molecule has 3 nitrogen and oxygen atoms in total. The minimum atomic E-state index is -1.51. The van der Waals surface area contributed by atoms with Crippen LogP contribution in [0, 0.1) is 17.5 Å². The third-order valence-corrected chi connectivity index (χ3v) is 2.20. The number of anilines is 1. The van der Waals surface area contributed by atoms with Gasteiger partial charge in [-0.3, -0.25) is 4.98 Å². The number of benzene rings is 1. The molecule has 6 heteroatoms. The summed E-state index contributed by atoms with van der Waals surface area (Å²) in [5.41, 5.74) is 0.00162. The van der Waals surface area contributed by atoms with Gasteiger partial charge in [0.05, 0.1) is 18.1 Å². The van der Waals surface area contributed by atoms with Crippen molar-refractivity contribution in [1.82, 2.24) is 9.97 Å². The molecule has 0 radical (unpaired) electrons. The lowest BCUT2D eigenvalue weighted by Gasteiger charge is -2.05. The second-order valence-corrected chi connectivity index (χ2v) is 3.26. The molecule has 1 aromatic heterocycles. The van der Waals surface area contributed by atoms with E-state index in [0.717, 1.165) is 12.1 Å². The molecule has 2 rings (SSSR count). The molecule has 0 amide bonds. The molecular weight excluding hydrogens is 231 g/mol. The molecule has 0 bridgehead atoms. The average Bonchev–Trinajstić information content (AvgIpc) is 2.36. The summed E-state index contributed by atoms with van der Waals surface area (Å²) >= 11 is 0. The Morgan fingerprint density at radius 1 is 1.06 bits per heavy atom. The van der Waals surface area contributed by atoms with Gasteiger partial charge in [-0.2, -0.15) is 0 Å². The molecule has 0 saturated carbocycles. The zero-order valence-electron chi connectivity index (χ0n) is 8.84. The molecule has 0 aliphatic rings. The fourth-order valence-corrected chi connectivity index (χ4v) is 1.34. The first-order valence-corrected chi connectivity index (χ1v) is 4.77. The zero-order valence-corrected chi connectivity index (χ0v) is 8.84. The van der Waals surface area contributed by atoms with Crippen LogP contribution in [0.3, 0.4) is 0 Å². The molecule has 0 unspecified atom stereocenters. The van der Waals surface area contributed by atoms with Crippen LogP contribution in [0.2, 0.25) is 0 Å². The van der Waals surface area contributed by atoms with Gasteiger partial charge in [0.25, 0.3) is 0 Å². The fraction of sp³-hybridized carbons (Fsp3) is 0.0909. The van der Waals surface area contributed by atoms with Gasteiger partial charge in [-0.05, 0) is 12.1 Å². The second kappa shape index (κ2) is 4.40. The van der Waals surface area contributed by atoms with Crippen LogP contribution in [0.15, 0.2) is 24.5 Å². The SMILES string of the molecule is CNc1cncc(-c2ccc(F)c(F)c2F)n1. The summed E-state index contributed by atoms with van der Waals surface area (Å²) < 4.78 is 39.3. The average molecular weight is 239 g/mol. The van der Waals surface area contributed by atoms with Crippen molar-refractivity contribution >= 4 is 5.82 Å². The number of aromatic nitrogens is 2. The third-order valence-electron chi connectivity index (χ3n) is 2.20. The maximum absolute atomic E-state index is 13.5. The maximum Gasteiger partial charge on any atom is 0.195 e. The first-order chi connectivity index (χ1) is 8.13. The molecule has 0 spiro atoms. The van der Waals surface area contributed by atoms with Gasteiger partial charge < -0.3 is 5.32 Å². The van der Waals surface area contributed by atoms with Crippen molar-refractivity contribution in [2.24, 2.45) is 0 Å². The molecule has 0 atom stereocenters. The van der Waals surface area contributed by atoms with Gasteiger partial charge in [0.15, 0.2) is 17.5 Å². The topological polar surface area (TPSA) is 37.8 Å². The Hall–Kier alpha value is -2.11. The van der Waals surface area contributed by atoms with Gasteiger partial charge in [-0.15, -0.1) is 0 Å². The van der Waals surface area contributed by atoms with E-state index in [0.29, 0.717) is 5.82 Å². The smallest absolute Gasteiger partial charge is 0.195 e. The summed E-state index contributed by atoms with van der Waals surface area (Å²) in [4.78, 5) is 7.81. The van der Waals surface area contributed by atoms with E-state index in [9.17, 15) is 13.2 Å². The highest BCUT2D eigenvalue weighted by Crippen LogP contribution is 2.24. The third kappa shape index (κ3) is 2.06. The second-order valence-electron chi connectivity index (χ2n) is 3.26. The van der Waals surface area contributed by atoms with Crippen molar-refractivity contribution in [1.29, 1.82) is 0 Å². The van der Waals surface area contributed by atoms with Crippen LogP contribution in [0.4, 0.5) is 19.0 Å². The lowest BCUT2D eigenvalue weighted by atomic mass is 10.1. The van der Waals surface area contributed by atoms with E-state index < -0.39 is 17.5 Å². The van der Waals surface area contributed by atoms with E-state index in [1.165, 1.54) is 12.4 Å². The molecule has 1 heterocycles. The van der Waals surface area contributed by atoms with E-state index in [1.54, 1.807) is 7.05 Å². The lowest BCUT2D eigenvalue weighted by Crippen LogP contribution is -1.98. The number of hydrogen-bond donors (Lipinski definition) is 1. The Kier molecular flexibility index (Phi) is 2.95. The lowest BCUT2D eigenvalue weighted by molar-refractivity contribution is 0.449. The van der Waals surface area contributed by atoms with Crippen molar-refractivity contribution in [2.45, 2.75) is 0 Å². The quantitative estimate of drug-likeness (QED) is 0.818. The summed E-state index contributed by atoms with van der Waals surface area (Å²) in [6.45, 7) is 0. The summed E-state index contributed by atoms with van der Waals surface area (Å²) in [6.07, 6.45) is 2.71. The predicted octanol–water partition coefficient (Wildman–Crippen LogP) is 2.60. The predicted molar refractivity (Wildman–Crippen MR) is 56.9 cm³/mol. The van der Waals surface area contributed by atoms with E-state index in [4.69, 9.17) is 0 Å². The highest BCUT2D eigenvalue weighted by Gasteiger charge is 2.15. The fourth-order valence-electron chi connectivity index (χ4n) is 1.34. The van der Waals surface area contributed by atoms with Crippen molar-refractivity contribution in [3.8, 4) is 11.3 Å². The van der Waals surface area contributed by atoms with Crippen LogP contribution in [-0.4, -0.2) is 17.0 Å². The molecule has 0 aliphatic heterocycles. The maximum atomic E-state index is 13.5. The Balaban J connectivity index is 2.56. The standard InChI is InChI=1S/C11H8F3N3/c1-15-9-5-16-4-8(17-9)6-2-3-7(12)11(14)10(6)13/h2-5H,1H3,(H,15,17). The van der Waals surface area contributed by atoms with E-state index in [2.05, 4.69) is 15.3 Å². The van der Waals surface area contributed by atoms with Gasteiger partial charge in [-0.1, -0.05) is 0 Å². The van der Waals surface area contributed by atoms with Gasteiger partial charge >= 0.3 is 0 Å².